The second-order valence-electron chi connectivity index (χ2n) is 6.11. The van der Waals surface area contributed by atoms with Crippen molar-refractivity contribution in [3.05, 3.63) is 58.1 Å². The van der Waals surface area contributed by atoms with Crippen LogP contribution in [0.15, 0.2) is 50.5 Å². The van der Waals surface area contributed by atoms with Crippen molar-refractivity contribution in [2.75, 3.05) is 6.54 Å². The summed E-state index contributed by atoms with van der Waals surface area (Å²) in [6, 6.07) is 7.94. The van der Waals surface area contributed by atoms with E-state index >= 15 is 0 Å². The van der Waals surface area contributed by atoms with E-state index in [1.165, 1.54) is 30.3 Å². The summed E-state index contributed by atoms with van der Waals surface area (Å²) < 4.78 is 35.2. The zero-order valence-electron chi connectivity index (χ0n) is 13.9. The molecule has 9 nitrogen and oxygen atoms in total. The zero-order valence-corrected chi connectivity index (χ0v) is 14.7. The van der Waals surface area contributed by atoms with Crippen LogP contribution in [-0.2, 0) is 21.3 Å². The van der Waals surface area contributed by atoms with Gasteiger partial charge in [-0.3, -0.25) is 9.78 Å². The van der Waals surface area contributed by atoms with Gasteiger partial charge in [-0.15, -0.1) is 0 Å². The minimum Gasteiger partial charge on any atom is -0.408 e. The molecule has 1 unspecified atom stereocenters. The summed E-state index contributed by atoms with van der Waals surface area (Å²) in [5.74, 6) is -1.18. The number of primary amides is 1. The molecule has 0 radical (unpaired) electrons. The van der Waals surface area contributed by atoms with Gasteiger partial charge in [-0.2, -0.15) is 8.42 Å². The number of aromatic nitrogens is 1. The molecule has 4 N–H and O–H groups in total. The number of amides is 1. The van der Waals surface area contributed by atoms with Gasteiger partial charge in [-0.25, -0.2) is 4.79 Å². The fourth-order valence-electron chi connectivity index (χ4n) is 3.09. The molecule has 3 aromatic rings. The molecule has 1 atom stereocenters. The quantitative estimate of drug-likeness (QED) is 0.553. The van der Waals surface area contributed by atoms with Crippen LogP contribution in [0, 0.1) is 0 Å². The van der Waals surface area contributed by atoms with Crippen molar-refractivity contribution >= 4 is 27.1 Å². The predicted molar refractivity (Wildman–Crippen MR) is 94.7 cm³/mol. The highest BCUT2D eigenvalue weighted by atomic mass is 32.2. The molecule has 140 valence electrons. The maximum Gasteiger partial charge on any atom is 0.417 e. The highest BCUT2D eigenvalue weighted by molar-refractivity contribution is 7.87. The van der Waals surface area contributed by atoms with Crippen LogP contribution in [0.5, 0.6) is 5.75 Å². The van der Waals surface area contributed by atoms with Crippen molar-refractivity contribution in [1.82, 2.24) is 10.3 Å². The first-order valence-corrected chi connectivity index (χ1v) is 9.47. The Balaban J connectivity index is 1.69. The normalized spacial score (nSPS) is 16.8. The summed E-state index contributed by atoms with van der Waals surface area (Å²) >= 11 is 0. The van der Waals surface area contributed by atoms with Crippen LogP contribution < -0.4 is 21.0 Å². The first-order valence-electron chi connectivity index (χ1n) is 8.06. The topological polar surface area (TPSA) is 144 Å². The van der Waals surface area contributed by atoms with E-state index in [1.54, 1.807) is 6.07 Å². The molecule has 0 fully saturated rings. The van der Waals surface area contributed by atoms with Crippen molar-refractivity contribution in [2.45, 2.75) is 17.4 Å². The molecule has 0 bridgehead atoms. The maximum atomic E-state index is 12.6. The van der Waals surface area contributed by atoms with Crippen LogP contribution in [0.1, 0.15) is 17.2 Å². The molecule has 1 amide bonds. The number of oxazole rings is 1. The Labute approximate surface area is 153 Å². The Bertz CT molecular complexity index is 1210. The van der Waals surface area contributed by atoms with Crippen molar-refractivity contribution in [3.8, 4) is 5.75 Å². The first-order chi connectivity index (χ1) is 12.8. The predicted octanol–water partition coefficient (Wildman–Crippen LogP) is 0.561. The lowest BCUT2D eigenvalue weighted by atomic mass is 9.94. The maximum absolute atomic E-state index is 12.6. The number of hydrogen-bond donors (Lipinski definition) is 3. The number of nitrogens with one attached hydrogen (secondary N) is 2. The lowest BCUT2D eigenvalue weighted by molar-refractivity contribution is -0.120. The third-order valence-corrected chi connectivity index (χ3v) is 5.59. The Hall–Kier alpha value is -3.11. The molecule has 0 saturated carbocycles. The number of carbonyl (C=O) groups is 1. The van der Waals surface area contributed by atoms with Crippen LogP contribution >= 0.6 is 0 Å². The fourth-order valence-corrected chi connectivity index (χ4v) is 4.03. The van der Waals surface area contributed by atoms with E-state index in [4.69, 9.17) is 14.3 Å². The number of H-pyrrole nitrogens is 1. The molecule has 1 aliphatic rings. The lowest BCUT2D eigenvalue weighted by Crippen LogP contribution is -2.38. The van der Waals surface area contributed by atoms with Gasteiger partial charge in [0.05, 0.1) is 5.52 Å². The molecule has 0 spiro atoms. The molecule has 1 aliphatic heterocycles. The second kappa shape index (κ2) is 6.25. The average molecular weight is 389 g/mol. The summed E-state index contributed by atoms with van der Waals surface area (Å²) in [6.45, 7) is 0.598. The second-order valence-corrected chi connectivity index (χ2v) is 7.66. The van der Waals surface area contributed by atoms with Crippen molar-refractivity contribution in [3.63, 3.8) is 0 Å². The van der Waals surface area contributed by atoms with Crippen LogP contribution in [0.25, 0.3) is 11.1 Å². The largest absolute Gasteiger partial charge is 0.417 e. The van der Waals surface area contributed by atoms with Crippen molar-refractivity contribution in [1.29, 1.82) is 0 Å². The highest BCUT2D eigenvalue weighted by Gasteiger charge is 2.26. The number of fused-ring (bicyclic) bond motifs is 2. The van der Waals surface area contributed by atoms with Gasteiger partial charge in [0.1, 0.15) is 16.7 Å². The summed E-state index contributed by atoms with van der Waals surface area (Å²) in [4.78, 5) is 25.1. The summed E-state index contributed by atoms with van der Waals surface area (Å²) in [5, 5.41) is 2.99. The Morgan fingerprint density at radius 2 is 2.04 bits per heavy atom. The molecule has 1 aromatic heterocycles. The summed E-state index contributed by atoms with van der Waals surface area (Å²) in [5.41, 5.74) is 7.38. The summed E-state index contributed by atoms with van der Waals surface area (Å²) in [7, 11) is -4.17. The van der Waals surface area contributed by atoms with Crippen LogP contribution in [0.2, 0.25) is 0 Å². The third kappa shape index (κ3) is 3.20. The summed E-state index contributed by atoms with van der Waals surface area (Å²) in [6.07, 6.45) is 0.690. The van der Waals surface area contributed by atoms with Gasteiger partial charge in [0.15, 0.2) is 5.58 Å². The van der Waals surface area contributed by atoms with Crippen molar-refractivity contribution < 1.29 is 21.8 Å². The molecule has 0 aliphatic carbocycles. The van der Waals surface area contributed by atoms with Gasteiger partial charge in [-0.05, 0) is 41.8 Å². The zero-order chi connectivity index (χ0) is 19.2. The molecule has 27 heavy (non-hydrogen) atoms. The van der Waals surface area contributed by atoms with Gasteiger partial charge in [0, 0.05) is 12.6 Å². The Kier molecular flexibility index (Phi) is 4.01. The first kappa shape index (κ1) is 17.3. The molecule has 2 heterocycles. The van der Waals surface area contributed by atoms with E-state index in [0.29, 0.717) is 24.0 Å². The number of rotatable bonds is 4. The van der Waals surface area contributed by atoms with Gasteiger partial charge >= 0.3 is 15.9 Å². The minimum absolute atomic E-state index is 0.0549. The number of hydrogen-bond acceptors (Lipinski definition) is 7. The SMILES string of the molecule is NC(=O)C1NCCc2ccc(OS(=O)(=O)c3ccc4[nH]c(=O)oc4c3)cc21. The molecule has 4 rings (SSSR count). The van der Waals surface area contributed by atoms with Gasteiger partial charge in [0.2, 0.25) is 5.91 Å². The van der Waals surface area contributed by atoms with Gasteiger partial charge in [0.25, 0.3) is 0 Å². The van der Waals surface area contributed by atoms with E-state index in [1.807, 2.05) is 0 Å². The third-order valence-electron chi connectivity index (χ3n) is 4.34. The van der Waals surface area contributed by atoms with E-state index in [9.17, 15) is 18.0 Å². The van der Waals surface area contributed by atoms with E-state index in [-0.39, 0.29) is 16.2 Å². The smallest absolute Gasteiger partial charge is 0.408 e. The average Bonchev–Trinajstić information content (AvgIpc) is 2.99. The molecule has 0 saturated heterocycles. The van der Waals surface area contributed by atoms with Gasteiger partial charge in [-0.1, -0.05) is 6.07 Å². The van der Waals surface area contributed by atoms with Gasteiger partial charge < -0.3 is 19.7 Å². The standard InChI is InChI=1S/C17H15N3O6S/c18-16(21)15-12-7-10(2-1-9(12)5-6-19-15)26-27(23,24)11-3-4-13-14(8-11)25-17(22)20-13/h1-4,7-8,15,19H,5-6H2,(H2,18,21)(H,20,22). The Morgan fingerprint density at radius 1 is 1.22 bits per heavy atom. The monoisotopic (exact) mass is 389 g/mol. The van der Waals surface area contributed by atoms with E-state index in [2.05, 4.69) is 10.3 Å². The molecular formula is C17H15N3O6S. The fraction of sp³-hybridized carbons (Fsp3) is 0.176. The Morgan fingerprint density at radius 3 is 2.81 bits per heavy atom. The van der Waals surface area contributed by atoms with Crippen LogP contribution in [-0.4, -0.2) is 25.9 Å². The van der Waals surface area contributed by atoms with Crippen LogP contribution in [0.3, 0.4) is 0 Å². The lowest BCUT2D eigenvalue weighted by Gasteiger charge is -2.25. The minimum atomic E-state index is -4.17. The van der Waals surface area contributed by atoms with E-state index < -0.39 is 27.8 Å². The molecule has 10 heteroatoms. The van der Waals surface area contributed by atoms with Crippen LogP contribution in [0.4, 0.5) is 0 Å². The van der Waals surface area contributed by atoms with Crippen molar-refractivity contribution in [2.24, 2.45) is 5.73 Å². The highest BCUT2D eigenvalue weighted by Crippen LogP contribution is 2.29. The number of carbonyl (C=O) groups excluding carboxylic acids is 1. The number of benzene rings is 2. The molecular weight excluding hydrogens is 374 g/mol. The van der Waals surface area contributed by atoms with E-state index in [0.717, 1.165) is 5.56 Å². The molecule has 2 aromatic carbocycles. The number of nitrogens with two attached hydrogens (primary N) is 1. The number of aromatic amines is 1.